The van der Waals surface area contributed by atoms with Crippen molar-refractivity contribution in [3.05, 3.63) is 35.8 Å². The third kappa shape index (κ3) is 3.42. The van der Waals surface area contributed by atoms with Gasteiger partial charge in [-0.05, 0) is 37.8 Å². The van der Waals surface area contributed by atoms with Gasteiger partial charge in [-0.2, -0.15) is 0 Å². The molecular formula is C19H22N4O3. The predicted molar refractivity (Wildman–Crippen MR) is 97.9 cm³/mol. The van der Waals surface area contributed by atoms with Gasteiger partial charge in [0.25, 0.3) is 5.91 Å². The first kappa shape index (κ1) is 16.6. The Morgan fingerprint density at radius 1 is 1.15 bits per heavy atom. The third-order valence-corrected chi connectivity index (χ3v) is 4.80. The summed E-state index contributed by atoms with van der Waals surface area (Å²) in [6, 6.07) is 7.09. The average molecular weight is 354 g/mol. The molecule has 0 radical (unpaired) electrons. The highest BCUT2D eigenvalue weighted by Crippen LogP contribution is 2.34. The predicted octanol–water partition coefficient (Wildman–Crippen LogP) is 3.00. The van der Waals surface area contributed by atoms with E-state index in [1.807, 2.05) is 6.92 Å². The van der Waals surface area contributed by atoms with Crippen molar-refractivity contribution in [2.75, 3.05) is 30.1 Å². The molecule has 1 N–H and O–H groups in total. The lowest BCUT2D eigenvalue weighted by molar-refractivity contribution is 0.102. The molecule has 0 atom stereocenters. The fraction of sp³-hybridized carbons (Fsp3) is 0.421. The zero-order valence-corrected chi connectivity index (χ0v) is 15.0. The van der Waals surface area contributed by atoms with Gasteiger partial charge >= 0.3 is 0 Å². The van der Waals surface area contributed by atoms with Crippen LogP contribution in [0.25, 0.3) is 0 Å². The Hall–Kier alpha value is -2.83. The van der Waals surface area contributed by atoms with Crippen LogP contribution < -0.4 is 19.7 Å². The van der Waals surface area contributed by atoms with Gasteiger partial charge in [0.1, 0.15) is 17.3 Å². The van der Waals surface area contributed by atoms with Crippen LogP contribution in [-0.4, -0.2) is 35.8 Å². The summed E-state index contributed by atoms with van der Waals surface area (Å²) in [5.74, 6) is 3.20. The molecule has 1 fully saturated rings. The first-order chi connectivity index (χ1) is 12.6. The van der Waals surface area contributed by atoms with Gasteiger partial charge in [0.2, 0.25) is 6.79 Å². The summed E-state index contributed by atoms with van der Waals surface area (Å²) in [6.07, 6.45) is 2.28. The molecule has 0 bridgehead atoms. The van der Waals surface area contributed by atoms with E-state index in [9.17, 15) is 4.79 Å². The molecule has 136 valence electrons. The van der Waals surface area contributed by atoms with Gasteiger partial charge in [-0.15, -0.1) is 0 Å². The number of hydrogen-bond acceptors (Lipinski definition) is 6. The van der Waals surface area contributed by atoms with Crippen LogP contribution >= 0.6 is 0 Å². The Bertz CT molecular complexity index is 832. The number of aromatic nitrogens is 2. The van der Waals surface area contributed by atoms with Crippen LogP contribution in [0.4, 0.5) is 11.5 Å². The normalized spacial score (nSPS) is 16.6. The number of hydrogen-bond donors (Lipinski definition) is 1. The van der Waals surface area contributed by atoms with Crippen LogP contribution in [0.5, 0.6) is 11.5 Å². The summed E-state index contributed by atoms with van der Waals surface area (Å²) in [4.78, 5) is 23.7. The molecule has 1 amide bonds. The Morgan fingerprint density at radius 2 is 1.92 bits per heavy atom. The Balaban J connectivity index is 1.52. The Labute approximate surface area is 152 Å². The number of aryl methyl sites for hydroxylation is 1. The maximum atomic E-state index is 12.7. The number of ether oxygens (including phenoxy) is 2. The van der Waals surface area contributed by atoms with Crippen molar-refractivity contribution in [1.29, 1.82) is 0 Å². The molecule has 2 aliphatic heterocycles. The molecule has 0 aliphatic carbocycles. The highest BCUT2D eigenvalue weighted by molar-refractivity contribution is 6.03. The molecule has 0 unspecified atom stereocenters. The van der Waals surface area contributed by atoms with Crippen LogP contribution in [0, 0.1) is 12.8 Å². The van der Waals surface area contributed by atoms with Crippen molar-refractivity contribution >= 4 is 17.4 Å². The summed E-state index contributed by atoms with van der Waals surface area (Å²) < 4.78 is 10.6. The zero-order valence-electron chi connectivity index (χ0n) is 15.0. The number of rotatable bonds is 3. The number of carbonyl (C=O) groups is 1. The van der Waals surface area contributed by atoms with Crippen molar-refractivity contribution < 1.29 is 14.3 Å². The van der Waals surface area contributed by atoms with E-state index >= 15 is 0 Å². The second kappa shape index (κ2) is 6.82. The minimum Gasteiger partial charge on any atom is -0.454 e. The van der Waals surface area contributed by atoms with Crippen LogP contribution in [0.15, 0.2) is 24.3 Å². The second-order valence-corrected chi connectivity index (χ2v) is 6.85. The van der Waals surface area contributed by atoms with E-state index in [4.69, 9.17) is 9.47 Å². The maximum absolute atomic E-state index is 12.7. The minimum atomic E-state index is -0.263. The van der Waals surface area contributed by atoms with Gasteiger partial charge < -0.3 is 19.7 Å². The number of anilines is 2. The number of piperidine rings is 1. The molecule has 7 nitrogen and oxygen atoms in total. The van der Waals surface area contributed by atoms with Crippen LogP contribution in [0.2, 0.25) is 0 Å². The zero-order chi connectivity index (χ0) is 18.1. The van der Waals surface area contributed by atoms with Crippen LogP contribution in [-0.2, 0) is 0 Å². The standard InChI is InChI=1S/C19H22N4O3/c1-12-5-7-23(8-6-12)18-10-15(20-13(2)21-18)19(24)22-14-3-4-16-17(9-14)26-11-25-16/h3-4,9-10,12H,5-8,11H2,1-2H3,(H,22,24). The Morgan fingerprint density at radius 3 is 2.73 bits per heavy atom. The first-order valence-corrected chi connectivity index (χ1v) is 8.90. The van der Waals surface area contributed by atoms with E-state index in [1.54, 1.807) is 24.3 Å². The monoisotopic (exact) mass is 354 g/mol. The minimum absolute atomic E-state index is 0.204. The fourth-order valence-corrected chi connectivity index (χ4v) is 3.24. The SMILES string of the molecule is Cc1nc(C(=O)Nc2ccc3c(c2)OCO3)cc(N2CCC(C)CC2)n1. The number of amides is 1. The number of carbonyl (C=O) groups excluding carboxylic acids is 1. The fourth-order valence-electron chi connectivity index (χ4n) is 3.24. The average Bonchev–Trinajstić information content (AvgIpc) is 3.09. The van der Waals surface area contributed by atoms with Gasteiger partial charge in [-0.25, -0.2) is 9.97 Å². The lowest BCUT2D eigenvalue weighted by atomic mass is 9.99. The lowest BCUT2D eigenvalue weighted by Crippen LogP contribution is -2.34. The van der Waals surface area contributed by atoms with Crippen molar-refractivity contribution in [3.8, 4) is 11.5 Å². The maximum Gasteiger partial charge on any atom is 0.274 e. The number of nitrogens with zero attached hydrogens (tertiary/aromatic N) is 3. The third-order valence-electron chi connectivity index (χ3n) is 4.80. The molecule has 0 spiro atoms. The summed E-state index contributed by atoms with van der Waals surface area (Å²) in [5.41, 5.74) is 1.01. The highest BCUT2D eigenvalue weighted by atomic mass is 16.7. The molecule has 7 heteroatoms. The number of benzene rings is 1. The molecule has 1 saturated heterocycles. The molecule has 2 aliphatic rings. The largest absolute Gasteiger partial charge is 0.454 e. The van der Waals surface area contributed by atoms with E-state index < -0.39 is 0 Å². The molecule has 1 aromatic carbocycles. The molecular weight excluding hydrogens is 332 g/mol. The van der Waals surface area contributed by atoms with Crippen molar-refractivity contribution in [1.82, 2.24) is 9.97 Å². The molecule has 1 aromatic heterocycles. The Kier molecular flexibility index (Phi) is 4.36. The second-order valence-electron chi connectivity index (χ2n) is 6.85. The summed E-state index contributed by atoms with van der Waals surface area (Å²) >= 11 is 0. The molecule has 0 saturated carbocycles. The van der Waals surface area contributed by atoms with E-state index in [1.165, 1.54) is 0 Å². The summed E-state index contributed by atoms with van der Waals surface area (Å²) in [5, 5.41) is 2.87. The van der Waals surface area contributed by atoms with Gasteiger partial charge in [0, 0.05) is 30.9 Å². The van der Waals surface area contributed by atoms with Crippen LogP contribution in [0.1, 0.15) is 36.1 Å². The van der Waals surface area contributed by atoms with Crippen LogP contribution in [0.3, 0.4) is 0 Å². The highest BCUT2D eigenvalue weighted by Gasteiger charge is 2.20. The van der Waals surface area contributed by atoms with Crippen molar-refractivity contribution in [2.45, 2.75) is 26.7 Å². The molecule has 26 heavy (non-hydrogen) atoms. The van der Waals surface area contributed by atoms with Crippen molar-refractivity contribution in [3.63, 3.8) is 0 Å². The van der Waals surface area contributed by atoms with E-state index in [0.717, 1.165) is 37.7 Å². The van der Waals surface area contributed by atoms with Gasteiger partial charge in [-0.3, -0.25) is 4.79 Å². The van der Waals surface area contributed by atoms with E-state index in [-0.39, 0.29) is 12.7 Å². The topological polar surface area (TPSA) is 76.6 Å². The van der Waals surface area contributed by atoms with E-state index in [2.05, 4.69) is 27.1 Å². The van der Waals surface area contributed by atoms with E-state index in [0.29, 0.717) is 28.7 Å². The van der Waals surface area contributed by atoms with Gasteiger partial charge in [0.15, 0.2) is 11.5 Å². The van der Waals surface area contributed by atoms with Crippen molar-refractivity contribution in [2.24, 2.45) is 5.92 Å². The molecule has 2 aromatic rings. The lowest BCUT2D eigenvalue weighted by Gasteiger charge is -2.31. The summed E-state index contributed by atoms with van der Waals surface area (Å²) in [7, 11) is 0. The molecule has 4 rings (SSSR count). The number of fused-ring (bicyclic) bond motifs is 1. The molecule has 3 heterocycles. The summed E-state index contributed by atoms with van der Waals surface area (Å²) in [6.45, 7) is 6.21. The number of nitrogens with one attached hydrogen (secondary N) is 1. The van der Waals surface area contributed by atoms with Gasteiger partial charge in [0.05, 0.1) is 0 Å². The van der Waals surface area contributed by atoms with Gasteiger partial charge in [-0.1, -0.05) is 6.92 Å². The first-order valence-electron chi connectivity index (χ1n) is 8.90. The quantitative estimate of drug-likeness (QED) is 0.913. The smallest absolute Gasteiger partial charge is 0.274 e.